The highest BCUT2D eigenvalue weighted by molar-refractivity contribution is 5.40. The lowest BCUT2D eigenvalue weighted by Crippen LogP contribution is -2.23. The van der Waals surface area contributed by atoms with E-state index in [1.807, 2.05) is 0 Å². The van der Waals surface area contributed by atoms with Crippen LogP contribution in [0.2, 0.25) is 0 Å². The highest BCUT2D eigenvalue weighted by Gasteiger charge is 2.31. The minimum atomic E-state index is -4.82. The van der Waals surface area contributed by atoms with E-state index in [1.165, 1.54) is 22.9 Å². The molecule has 1 N–H and O–H groups in total. The average molecular weight is 417 g/mol. The molecular formula is C19H14F3N5O3. The van der Waals surface area contributed by atoms with E-state index in [-0.39, 0.29) is 18.1 Å². The number of aromatic hydroxyl groups is 1. The van der Waals surface area contributed by atoms with Crippen LogP contribution in [-0.4, -0.2) is 35.4 Å². The summed E-state index contributed by atoms with van der Waals surface area (Å²) in [6.45, 7) is 0.144. The zero-order chi connectivity index (χ0) is 21.3. The summed E-state index contributed by atoms with van der Waals surface area (Å²) in [7, 11) is 0. The lowest BCUT2D eigenvalue weighted by Gasteiger charge is -2.09. The van der Waals surface area contributed by atoms with Gasteiger partial charge in [-0.2, -0.15) is 5.10 Å². The number of hydrogen-bond donors (Lipinski definition) is 1. The summed E-state index contributed by atoms with van der Waals surface area (Å²) in [6.07, 6.45) is 1.35. The summed E-state index contributed by atoms with van der Waals surface area (Å²) >= 11 is 0. The Hall–Kier alpha value is -4.02. The predicted molar refractivity (Wildman–Crippen MR) is 98.8 cm³/mol. The first-order valence-electron chi connectivity index (χ1n) is 8.62. The van der Waals surface area contributed by atoms with E-state index in [4.69, 9.17) is 0 Å². The number of alkyl halides is 3. The standard InChI is InChI=1S/C19H14F3N5O3/c20-19(21,22)30-15-4-2-14(3-5-15)27-17(28)12-25(18(27)29)11-13-6-8-23-16(10-13)26-9-1-7-24-26/h1-10,12,28H,11H2. The first-order valence-corrected chi connectivity index (χ1v) is 8.62. The second kappa shape index (κ2) is 7.43. The van der Waals surface area contributed by atoms with Crippen LogP contribution < -0.4 is 10.4 Å². The van der Waals surface area contributed by atoms with Crippen LogP contribution >= 0.6 is 0 Å². The molecule has 0 spiro atoms. The van der Waals surface area contributed by atoms with Crippen LogP contribution in [0.25, 0.3) is 11.5 Å². The molecule has 0 aliphatic carbocycles. The molecule has 4 rings (SSSR count). The molecule has 0 amide bonds. The van der Waals surface area contributed by atoms with Gasteiger partial charge in [0.05, 0.1) is 18.4 Å². The molecule has 0 fully saturated rings. The molecule has 3 heterocycles. The topological polar surface area (TPSA) is 87.1 Å². The summed E-state index contributed by atoms with van der Waals surface area (Å²) in [5.41, 5.74) is 0.371. The second-order valence-corrected chi connectivity index (χ2v) is 6.25. The van der Waals surface area contributed by atoms with E-state index in [0.29, 0.717) is 5.82 Å². The van der Waals surface area contributed by atoms with Gasteiger partial charge in [-0.15, -0.1) is 13.2 Å². The summed E-state index contributed by atoms with van der Waals surface area (Å²) in [5.74, 6) is -0.221. The third-order valence-corrected chi connectivity index (χ3v) is 4.17. The molecule has 0 saturated carbocycles. The van der Waals surface area contributed by atoms with Gasteiger partial charge < -0.3 is 9.84 Å². The van der Waals surface area contributed by atoms with Gasteiger partial charge in [0.15, 0.2) is 5.82 Å². The number of benzene rings is 1. The zero-order valence-electron chi connectivity index (χ0n) is 15.2. The molecule has 0 unspecified atom stereocenters. The molecule has 30 heavy (non-hydrogen) atoms. The minimum absolute atomic E-state index is 0.144. The highest BCUT2D eigenvalue weighted by Crippen LogP contribution is 2.24. The van der Waals surface area contributed by atoms with E-state index < -0.39 is 17.8 Å². The van der Waals surface area contributed by atoms with E-state index in [9.17, 15) is 23.1 Å². The molecule has 8 nitrogen and oxygen atoms in total. The first-order chi connectivity index (χ1) is 14.3. The predicted octanol–water partition coefficient (Wildman–Crippen LogP) is 2.87. The van der Waals surface area contributed by atoms with Gasteiger partial charge in [0.1, 0.15) is 5.75 Å². The van der Waals surface area contributed by atoms with Crippen molar-refractivity contribution >= 4 is 0 Å². The maximum absolute atomic E-state index is 12.7. The first kappa shape index (κ1) is 19.3. The van der Waals surface area contributed by atoms with E-state index in [0.717, 1.165) is 22.3 Å². The fourth-order valence-corrected chi connectivity index (χ4v) is 2.92. The van der Waals surface area contributed by atoms with Crippen molar-refractivity contribution in [3.05, 3.63) is 83.3 Å². The fraction of sp³-hybridized carbons (Fsp3) is 0.105. The molecule has 0 saturated heterocycles. The van der Waals surface area contributed by atoms with Crippen LogP contribution in [0, 0.1) is 0 Å². The smallest absolute Gasteiger partial charge is 0.493 e. The lowest BCUT2D eigenvalue weighted by molar-refractivity contribution is -0.274. The maximum Gasteiger partial charge on any atom is 0.573 e. The van der Waals surface area contributed by atoms with Gasteiger partial charge >= 0.3 is 12.1 Å². The van der Waals surface area contributed by atoms with Gasteiger partial charge in [-0.05, 0) is 48.0 Å². The number of pyridine rings is 1. The van der Waals surface area contributed by atoms with Gasteiger partial charge in [-0.25, -0.2) is 19.0 Å². The Kier molecular flexibility index (Phi) is 4.78. The molecule has 4 aromatic rings. The normalized spacial score (nSPS) is 11.6. The number of halogens is 3. The van der Waals surface area contributed by atoms with Gasteiger partial charge in [0.25, 0.3) is 0 Å². The molecular weight excluding hydrogens is 403 g/mol. The number of rotatable bonds is 5. The highest BCUT2D eigenvalue weighted by atomic mass is 19.4. The van der Waals surface area contributed by atoms with Crippen LogP contribution in [0.15, 0.2) is 72.0 Å². The average Bonchev–Trinajstić information content (AvgIpc) is 3.31. The molecule has 154 valence electrons. The summed E-state index contributed by atoms with van der Waals surface area (Å²) in [6, 6.07) is 9.83. The minimum Gasteiger partial charge on any atom is -0.493 e. The van der Waals surface area contributed by atoms with Crippen molar-refractivity contribution in [2.45, 2.75) is 12.9 Å². The Bertz CT molecular complexity index is 1210. The van der Waals surface area contributed by atoms with Crippen molar-refractivity contribution in [3.63, 3.8) is 0 Å². The van der Waals surface area contributed by atoms with Gasteiger partial charge in [-0.1, -0.05) is 0 Å². The van der Waals surface area contributed by atoms with Crippen molar-refractivity contribution in [2.24, 2.45) is 0 Å². The number of nitrogens with zero attached hydrogens (tertiary/aromatic N) is 5. The van der Waals surface area contributed by atoms with E-state index >= 15 is 0 Å². The van der Waals surface area contributed by atoms with Crippen LogP contribution in [0.3, 0.4) is 0 Å². The van der Waals surface area contributed by atoms with Crippen LogP contribution in [0.1, 0.15) is 5.56 Å². The third-order valence-electron chi connectivity index (χ3n) is 4.17. The molecule has 11 heteroatoms. The van der Waals surface area contributed by atoms with Crippen molar-refractivity contribution in [3.8, 4) is 23.1 Å². The van der Waals surface area contributed by atoms with Crippen LogP contribution in [0.5, 0.6) is 11.6 Å². The molecule has 0 bridgehead atoms. The summed E-state index contributed by atoms with van der Waals surface area (Å²) in [4.78, 5) is 17.0. The quantitative estimate of drug-likeness (QED) is 0.540. The van der Waals surface area contributed by atoms with Crippen molar-refractivity contribution < 1.29 is 23.0 Å². The van der Waals surface area contributed by atoms with Crippen LogP contribution in [-0.2, 0) is 6.54 Å². The number of hydrogen-bond acceptors (Lipinski definition) is 5. The Morgan fingerprint density at radius 2 is 1.87 bits per heavy atom. The number of aromatic nitrogens is 5. The lowest BCUT2D eigenvalue weighted by atomic mass is 10.2. The number of ether oxygens (including phenoxy) is 1. The SMILES string of the molecule is O=c1n(Cc2ccnc(-n3cccn3)c2)cc(O)n1-c1ccc(OC(F)(F)F)cc1. The van der Waals surface area contributed by atoms with Gasteiger partial charge in [-0.3, -0.25) is 4.57 Å². The zero-order valence-corrected chi connectivity index (χ0v) is 15.2. The Labute approximate surface area is 167 Å². The van der Waals surface area contributed by atoms with Crippen LogP contribution in [0.4, 0.5) is 13.2 Å². The summed E-state index contributed by atoms with van der Waals surface area (Å²) in [5, 5.41) is 14.3. The Morgan fingerprint density at radius 1 is 1.10 bits per heavy atom. The van der Waals surface area contributed by atoms with Crippen molar-refractivity contribution in [1.82, 2.24) is 23.9 Å². The van der Waals surface area contributed by atoms with Gasteiger partial charge in [0, 0.05) is 18.6 Å². The number of imidazole rings is 1. The largest absolute Gasteiger partial charge is 0.573 e. The molecule has 0 atom stereocenters. The Morgan fingerprint density at radius 3 is 2.53 bits per heavy atom. The maximum atomic E-state index is 12.7. The van der Waals surface area contributed by atoms with E-state index in [1.54, 1.807) is 41.5 Å². The monoisotopic (exact) mass is 417 g/mol. The van der Waals surface area contributed by atoms with Crippen molar-refractivity contribution in [2.75, 3.05) is 0 Å². The van der Waals surface area contributed by atoms with Crippen molar-refractivity contribution in [1.29, 1.82) is 0 Å². The third kappa shape index (κ3) is 4.04. The Balaban J connectivity index is 1.60. The molecule has 0 aliphatic heterocycles. The fourth-order valence-electron chi connectivity index (χ4n) is 2.92. The molecule has 1 aromatic carbocycles. The molecule has 0 aliphatic rings. The summed E-state index contributed by atoms with van der Waals surface area (Å²) < 4.78 is 44.5. The van der Waals surface area contributed by atoms with E-state index in [2.05, 4.69) is 14.8 Å². The molecule has 3 aromatic heterocycles. The van der Waals surface area contributed by atoms with Gasteiger partial charge in [0.2, 0.25) is 5.88 Å². The molecule has 0 radical (unpaired) electrons. The second-order valence-electron chi connectivity index (χ2n) is 6.25.